The molecule has 2 heterocycles. The topological polar surface area (TPSA) is 71.8 Å². The van der Waals surface area contributed by atoms with Crippen molar-refractivity contribution >= 4 is 23.6 Å². The summed E-state index contributed by atoms with van der Waals surface area (Å²) in [6.45, 7) is 4.73. The van der Waals surface area contributed by atoms with E-state index < -0.39 is 0 Å². The Morgan fingerprint density at radius 1 is 1.15 bits per heavy atom. The van der Waals surface area contributed by atoms with Gasteiger partial charge < -0.3 is 19.4 Å². The standard InChI is InChI=1S/C27H30N2O4S/c1-18(2)15-24(19-10-12-22(32-3)13-11-19)28-26(31)20-6-8-21(9-7-20)27-29(25(30)17-34-27)16-23-5-4-14-33-23/h4-14,18,24,27H,15-17H2,1-3H3,(H,28,31)/t24-,27+/m1/s1. The zero-order chi connectivity index (χ0) is 24.1. The van der Waals surface area contributed by atoms with Gasteiger partial charge in [0.2, 0.25) is 5.91 Å². The van der Waals surface area contributed by atoms with Crippen LogP contribution in [-0.4, -0.2) is 29.6 Å². The zero-order valence-corrected chi connectivity index (χ0v) is 20.5. The fraction of sp³-hybridized carbons (Fsp3) is 0.333. The van der Waals surface area contributed by atoms with E-state index in [9.17, 15) is 9.59 Å². The van der Waals surface area contributed by atoms with E-state index in [-0.39, 0.29) is 23.2 Å². The number of nitrogens with zero attached hydrogens (tertiary/aromatic N) is 1. The third-order valence-electron chi connectivity index (χ3n) is 5.86. The van der Waals surface area contributed by atoms with Crippen LogP contribution in [0.5, 0.6) is 5.75 Å². The first-order valence-electron chi connectivity index (χ1n) is 11.4. The van der Waals surface area contributed by atoms with Gasteiger partial charge in [-0.1, -0.05) is 38.1 Å². The molecule has 34 heavy (non-hydrogen) atoms. The van der Waals surface area contributed by atoms with Gasteiger partial charge in [-0.15, -0.1) is 11.8 Å². The lowest BCUT2D eigenvalue weighted by atomic mass is 9.96. The Kier molecular flexibility index (Phi) is 7.63. The molecule has 0 radical (unpaired) electrons. The Morgan fingerprint density at radius 3 is 2.50 bits per heavy atom. The number of rotatable bonds is 9. The number of hydrogen-bond donors (Lipinski definition) is 1. The molecule has 3 aromatic rings. The summed E-state index contributed by atoms with van der Waals surface area (Å²) in [4.78, 5) is 27.3. The molecule has 7 heteroatoms. The molecule has 1 aromatic heterocycles. The second kappa shape index (κ2) is 10.8. The predicted molar refractivity (Wildman–Crippen MR) is 134 cm³/mol. The molecule has 178 valence electrons. The largest absolute Gasteiger partial charge is 0.497 e. The van der Waals surface area contributed by atoms with Crippen molar-refractivity contribution in [1.29, 1.82) is 0 Å². The van der Waals surface area contributed by atoms with Gasteiger partial charge >= 0.3 is 0 Å². The van der Waals surface area contributed by atoms with Crippen molar-refractivity contribution < 1.29 is 18.7 Å². The monoisotopic (exact) mass is 478 g/mol. The molecule has 4 rings (SSSR count). The normalized spacial score (nSPS) is 16.6. The second-order valence-corrected chi connectivity index (χ2v) is 9.88. The molecular formula is C27H30N2O4S. The molecule has 0 spiro atoms. The van der Waals surface area contributed by atoms with E-state index in [0.29, 0.717) is 23.8 Å². The molecule has 2 amide bonds. The Labute approximate surface area is 204 Å². The number of furan rings is 1. The highest BCUT2D eigenvalue weighted by Gasteiger charge is 2.33. The zero-order valence-electron chi connectivity index (χ0n) is 19.7. The van der Waals surface area contributed by atoms with Gasteiger partial charge in [0.05, 0.1) is 31.7 Å². The van der Waals surface area contributed by atoms with Crippen molar-refractivity contribution in [3.8, 4) is 5.75 Å². The summed E-state index contributed by atoms with van der Waals surface area (Å²) in [7, 11) is 1.64. The number of carbonyl (C=O) groups excluding carboxylic acids is 2. The lowest BCUT2D eigenvalue weighted by molar-refractivity contribution is -0.128. The minimum atomic E-state index is -0.115. The van der Waals surface area contributed by atoms with Crippen LogP contribution in [0.25, 0.3) is 0 Å². The highest BCUT2D eigenvalue weighted by molar-refractivity contribution is 8.00. The van der Waals surface area contributed by atoms with Crippen molar-refractivity contribution in [3.05, 3.63) is 89.4 Å². The Bertz CT molecular complexity index is 1090. The van der Waals surface area contributed by atoms with Gasteiger partial charge in [0.25, 0.3) is 5.91 Å². The number of amides is 2. The Hall–Kier alpha value is -3.19. The summed E-state index contributed by atoms with van der Waals surface area (Å²) in [6, 6.07) is 19.0. The Morgan fingerprint density at radius 2 is 1.88 bits per heavy atom. The van der Waals surface area contributed by atoms with Gasteiger partial charge in [0.15, 0.2) is 0 Å². The van der Waals surface area contributed by atoms with Crippen LogP contribution in [0.3, 0.4) is 0 Å². The number of methoxy groups -OCH3 is 1. The molecule has 0 aliphatic carbocycles. The van der Waals surface area contributed by atoms with Crippen molar-refractivity contribution in [2.75, 3.05) is 12.9 Å². The summed E-state index contributed by atoms with van der Waals surface area (Å²) < 4.78 is 10.7. The first-order valence-corrected chi connectivity index (χ1v) is 12.5. The number of ether oxygens (including phenoxy) is 1. The minimum Gasteiger partial charge on any atom is -0.497 e. The molecular weight excluding hydrogens is 448 g/mol. The fourth-order valence-corrected chi connectivity index (χ4v) is 5.29. The van der Waals surface area contributed by atoms with Gasteiger partial charge in [-0.2, -0.15) is 0 Å². The van der Waals surface area contributed by atoms with Crippen LogP contribution in [0.15, 0.2) is 71.3 Å². The van der Waals surface area contributed by atoms with Crippen molar-refractivity contribution in [2.24, 2.45) is 5.92 Å². The molecule has 0 unspecified atom stereocenters. The van der Waals surface area contributed by atoms with Gasteiger partial charge in [0.1, 0.15) is 16.9 Å². The van der Waals surface area contributed by atoms with Crippen LogP contribution >= 0.6 is 11.8 Å². The van der Waals surface area contributed by atoms with Crippen molar-refractivity contribution in [2.45, 2.75) is 38.2 Å². The molecule has 1 N–H and O–H groups in total. The summed E-state index contributed by atoms with van der Waals surface area (Å²) >= 11 is 1.59. The van der Waals surface area contributed by atoms with E-state index >= 15 is 0 Å². The van der Waals surface area contributed by atoms with Crippen LogP contribution in [0.2, 0.25) is 0 Å². The van der Waals surface area contributed by atoms with E-state index in [0.717, 1.165) is 29.1 Å². The maximum Gasteiger partial charge on any atom is 0.251 e. The Balaban J connectivity index is 1.46. The first-order chi connectivity index (χ1) is 16.4. The maximum absolute atomic E-state index is 13.1. The summed E-state index contributed by atoms with van der Waals surface area (Å²) in [5.41, 5.74) is 2.64. The summed E-state index contributed by atoms with van der Waals surface area (Å²) in [5, 5.41) is 3.10. The highest BCUT2D eigenvalue weighted by Crippen LogP contribution is 2.39. The summed E-state index contributed by atoms with van der Waals surface area (Å²) in [6.07, 6.45) is 2.45. The molecule has 0 saturated carbocycles. The van der Waals surface area contributed by atoms with E-state index in [1.807, 2.05) is 65.6 Å². The quantitative estimate of drug-likeness (QED) is 0.435. The molecule has 1 fully saturated rings. The number of carbonyl (C=O) groups is 2. The lowest BCUT2D eigenvalue weighted by Gasteiger charge is -2.24. The van der Waals surface area contributed by atoms with Gasteiger partial charge in [-0.05, 0) is 59.9 Å². The predicted octanol–water partition coefficient (Wildman–Crippen LogP) is 5.58. The number of hydrogen-bond acceptors (Lipinski definition) is 5. The average molecular weight is 479 g/mol. The average Bonchev–Trinajstić information content (AvgIpc) is 3.49. The van der Waals surface area contributed by atoms with Crippen LogP contribution in [0.4, 0.5) is 0 Å². The molecule has 2 aromatic carbocycles. The smallest absolute Gasteiger partial charge is 0.251 e. The molecule has 2 atom stereocenters. The molecule has 0 bridgehead atoms. The van der Waals surface area contributed by atoms with Crippen LogP contribution in [0.1, 0.15) is 58.9 Å². The van der Waals surface area contributed by atoms with Crippen LogP contribution in [0, 0.1) is 5.92 Å². The summed E-state index contributed by atoms with van der Waals surface area (Å²) in [5.74, 6) is 2.38. The van der Waals surface area contributed by atoms with E-state index in [1.165, 1.54) is 0 Å². The van der Waals surface area contributed by atoms with Crippen molar-refractivity contribution in [1.82, 2.24) is 10.2 Å². The van der Waals surface area contributed by atoms with Gasteiger partial charge in [0, 0.05) is 5.56 Å². The number of nitrogens with one attached hydrogen (secondary N) is 1. The van der Waals surface area contributed by atoms with Crippen LogP contribution in [-0.2, 0) is 11.3 Å². The van der Waals surface area contributed by atoms with Crippen molar-refractivity contribution in [3.63, 3.8) is 0 Å². The minimum absolute atomic E-state index is 0.0873. The maximum atomic E-state index is 13.1. The first kappa shape index (κ1) is 24.0. The van der Waals surface area contributed by atoms with Gasteiger partial charge in [-0.25, -0.2) is 0 Å². The van der Waals surface area contributed by atoms with E-state index in [1.54, 1.807) is 25.1 Å². The molecule has 1 aliphatic rings. The SMILES string of the molecule is COc1ccc([C@@H](CC(C)C)NC(=O)c2ccc([C@@H]3SCC(=O)N3Cc3ccco3)cc2)cc1. The van der Waals surface area contributed by atoms with Gasteiger partial charge in [-0.3, -0.25) is 9.59 Å². The highest BCUT2D eigenvalue weighted by atomic mass is 32.2. The molecule has 1 aliphatic heterocycles. The third-order valence-corrected chi connectivity index (χ3v) is 7.12. The molecule has 1 saturated heterocycles. The molecule has 6 nitrogen and oxygen atoms in total. The van der Waals surface area contributed by atoms with Crippen LogP contribution < -0.4 is 10.1 Å². The fourth-order valence-electron chi connectivity index (χ4n) is 4.10. The van der Waals surface area contributed by atoms with E-state index in [4.69, 9.17) is 9.15 Å². The third kappa shape index (κ3) is 5.65. The number of thioether (sulfide) groups is 1. The van der Waals surface area contributed by atoms with E-state index in [2.05, 4.69) is 19.2 Å². The lowest BCUT2D eigenvalue weighted by Crippen LogP contribution is -2.29. The number of benzene rings is 2. The second-order valence-electron chi connectivity index (χ2n) is 8.82.